The highest BCUT2D eigenvalue weighted by molar-refractivity contribution is 6.02. The summed E-state index contributed by atoms with van der Waals surface area (Å²) in [6.07, 6.45) is -0.919. The van der Waals surface area contributed by atoms with Gasteiger partial charge < -0.3 is 43.8 Å². The predicted octanol–water partition coefficient (Wildman–Crippen LogP) is 2.09. The van der Waals surface area contributed by atoms with Gasteiger partial charge in [-0.1, -0.05) is 0 Å². The number of benzene rings is 2. The average molecular weight is 444 g/mol. The van der Waals surface area contributed by atoms with Crippen LogP contribution in [0, 0.1) is 0 Å². The maximum absolute atomic E-state index is 12.6. The zero-order valence-electron chi connectivity index (χ0n) is 17.9. The summed E-state index contributed by atoms with van der Waals surface area (Å²) in [6.45, 7) is 0.160. The van der Waals surface area contributed by atoms with E-state index >= 15 is 0 Å². The summed E-state index contributed by atoms with van der Waals surface area (Å²) < 4.78 is 32.3. The van der Waals surface area contributed by atoms with Crippen molar-refractivity contribution in [1.82, 2.24) is 10.3 Å². The molecular formula is C22H24N2O8. The van der Waals surface area contributed by atoms with Gasteiger partial charge in [-0.2, -0.15) is 0 Å². The zero-order chi connectivity index (χ0) is 22.7. The molecule has 170 valence electrons. The lowest BCUT2D eigenvalue weighted by Crippen LogP contribution is -2.35. The Kier molecular flexibility index (Phi) is 6.13. The third-order valence-electron chi connectivity index (χ3n) is 4.97. The number of hydrogen-bond acceptors (Lipinski definition) is 8. The van der Waals surface area contributed by atoms with Gasteiger partial charge in [0.1, 0.15) is 29.9 Å². The zero-order valence-corrected chi connectivity index (χ0v) is 17.9. The topological polar surface area (TPSA) is 121 Å². The van der Waals surface area contributed by atoms with Gasteiger partial charge in [0.25, 0.3) is 5.91 Å². The Morgan fingerprint density at radius 2 is 1.88 bits per heavy atom. The van der Waals surface area contributed by atoms with Crippen LogP contribution in [0.5, 0.6) is 34.5 Å². The lowest BCUT2D eigenvalue weighted by atomic mass is 10.2. The number of hydrogen-bond donors (Lipinski definition) is 3. The molecule has 0 bridgehead atoms. The third-order valence-corrected chi connectivity index (χ3v) is 4.97. The van der Waals surface area contributed by atoms with E-state index in [2.05, 4.69) is 10.3 Å². The Bertz CT molecular complexity index is 1130. The van der Waals surface area contributed by atoms with Crippen molar-refractivity contribution in [2.24, 2.45) is 0 Å². The number of fused-ring (bicyclic) bond motifs is 2. The molecule has 0 saturated heterocycles. The van der Waals surface area contributed by atoms with E-state index < -0.39 is 12.0 Å². The fourth-order valence-electron chi connectivity index (χ4n) is 3.38. The molecule has 3 N–H and O–H groups in total. The van der Waals surface area contributed by atoms with Crippen molar-refractivity contribution in [1.29, 1.82) is 0 Å². The highest BCUT2D eigenvalue weighted by atomic mass is 16.7. The van der Waals surface area contributed by atoms with Gasteiger partial charge in [-0.05, 0) is 18.2 Å². The molecule has 1 amide bonds. The van der Waals surface area contributed by atoms with Crippen LogP contribution in [0.1, 0.15) is 10.5 Å². The SMILES string of the molecule is COc1cc(OC)c2cc(C(=O)NCC(O)COc3ccc4c(c3)OCO4)[nH]c2c1OC. The minimum atomic E-state index is -0.919. The Labute approximate surface area is 183 Å². The molecule has 0 aliphatic carbocycles. The monoisotopic (exact) mass is 444 g/mol. The first kappa shape index (κ1) is 21.4. The van der Waals surface area contributed by atoms with Crippen molar-refractivity contribution in [3.8, 4) is 34.5 Å². The summed E-state index contributed by atoms with van der Waals surface area (Å²) in [6, 6.07) is 8.49. The van der Waals surface area contributed by atoms with Gasteiger partial charge in [-0.25, -0.2) is 0 Å². The van der Waals surface area contributed by atoms with Crippen molar-refractivity contribution in [2.75, 3.05) is 41.3 Å². The van der Waals surface area contributed by atoms with Crippen LogP contribution >= 0.6 is 0 Å². The van der Waals surface area contributed by atoms with E-state index in [0.29, 0.717) is 45.4 Å². The van der Waals surface area contributed by atoms with E-state index in [1.54, 1.807) is 30.3 Å². The average Bonchev–Trinajstić information content (AvgIpc) is 3.46. The number of carbonyl (C=O) groups excluding carboxylic acids is 1. The van der Waals surface area contributed by atoms with E-state index in [-0.39, 0.29) is 25.6 Å². The predicted molar refractivity (Wildman–Crippen MR) is 114 cm³/mol. The van der Waals surface area contributed by atoms with Gasteiger partial charge in [0.2, 0.25) is 6.79 Å². The second-order valence-corrected chi connectivity index (χ2v) is 6.98. The number of H-pyrrole nitrogens is 1. The second-order valence-electron chi connectivity index (χ2n) is 6.98. The summed E-state index contributed by atoms with van der Waals surface area (Å²) in [4.78, 5) is 15.7. The highest BCUT2D eigenvalue weighted by Crippen LogP contribution is 2.41. The van der Waals surface area contributed by atoms with E-state index in [0.717, 1.165) is 0 Å². The first-order chi connectivity index (χ1) is 15.5. The number of aromatic amines is 1. The summed E-state index contributed by atoms with van der Waals surface area (Å²) in [7, 11) is 4.57. The van der Waals surface area contributed by atoms with Gasteiger partial charge in [0.15, 0.2) is 23.0 Å². The van der Waals surface area contributed by atoms with Crippen LogP contribution in [0.15, 0.2) is 30.3 Å². The molecule has 0 radical (unpaired) electrons. The van der Waals surface area contributed by atoms with Crippen LogP contribution in [-0.4, -0.2) is 63.4 Å². The number of rotatable bonds is 9. The van der Waals surface area contributed by atoms with Crippen LogP contribution in [0.4, 0.5) is 0 Å². The molecule has 0 spiro atoms. The Balaban J connectivity index is 1.39. The number of methoxy groups -OCH3 is 3. The Hall–Kier alpha value is -3.79. The Morgan fingerprint density at radius 3 is 2.62 bits per heavy atom. The van der Waals surface area contributed by atoms with E-state index in [4.69, 9.17) is 28.4 Å². The number of aliphatic hydroxyl groups excluding tert-OH is 1. The Morgan fingerprint density at radius 1 is 1.09 bits per heavy atom. The van der Waals surface area contributed by atoms with E-state index in [1.807, 2.05) is 0 Å². The molecule has 10 nitrogen and oxygen atoms in total. The highest BCUT2D eigenvalue weighted by Gasteiger charge is 2.20. The molecule has 32 heavy (non-hydrogen) atoms. The van der Waals surface area contributed by atoms with E-state index in [9.17, 15) is 9.90 Å². The largest absolute Gasteiger partial charge is 0.496 e. The van der Waals surface area contributed by atoms with Crippen LogP contribution in [0.2, 0.25) is 0 Å². The van der Waals surface area contributed by atoms with Gasteiger partial charge >= 0.3 is 0 Å². The molecule has 2 heterocycles. The quantitative estimate of drug-likeness (QED) is 0.459. The molecule has 1 atom stereocenters. The van der Waals surface area contributed by atoms with Crippen LogP contribution in [0.25, 0.3) is 10.9 Å². The van der Waals surface area contributed by atoms with Crippen molar-refractivity contribution in [2.45, 2.75) is 6.10 Å². The van der Waals surface area contributed by atoms with Crippen LogP contribution in [-0.2, 0) is 0 Å². The summed E-state index contributed by atoms with van der Waals surface area (Å²) in [5.74, 6) is 2.84. The standard InChI is InChI=1S/C22H24N2O8/c1-27-17-8-19(28-2)21(29-3)20-14(17)7-15(24-20)22(26)23-9-12(25)10-30-13-4-5-16-18(6-13)32-11-31-16/h4-8,12,24-25H,9-11H2,1-3H3,(H,23,26). The number of ether oxygens (including phenoxy) is 6. The third kappa shape index (κ3) is 4.17. The van der Waals surface area contributed by atoms with Gasteiger partial charge in [0.05, 0.1) is 26.8 Å². The number of carbonyl (C=O) groups is 1. The maximum atomic E-state index is 12.6. The van der Waals surface area contributed by atoms with Gasteiger partial charge in [-0.3, -0.25) is 4.79 Å². The molecule has 4 rings (SSSR count). The second kappa shape index (κ2) is 9.15. The van der Waals surface area contributed by atoms with Crippen molar-refractivity contribution in [3.05, 3.63) is 36.0 Å². The van der Waals surface area contributed by atoms with Crippen LogP contribution in [0.3, 0.4) is 0 Å². The van der Waals surface area contributed by atoms with Gasteiger partial charge in [0, 0.05) is 24.1 Å². The number of amides is 1. The molecule has 0 saturated carbocycles. The van der Waals surface area contributed by atoms with Gasteiger partial charge in [-0.15, -0.1) is 0 Å². The smallest absolute Gasteiger partial charge is 0.267 e. The van der Waals surface area contributed by atoms with Crippen molar-refractivity contribution >= 4 is 16.8 Å². The normalized spacial score (nSPS) is 13.0. The molecule has 0 fully saturated rings. The van der Waals surface area contributed by atoms with E-state index in [1.165, 1.54) is 21.3 Å². The fourth-order valence-corrected chi connectivity index (χ4v) is 3.38. The number of nitrogens with one attached hydrogen (secondary N) is 2. The number of aliphatic hydroxyl groups is 1. The summed E-state index contributed by atoms with van der Waals surface area (Å²) in [5.41, 5.74) is 0.856. The first-order valence-electron chi connectivity index (χ1n) is 9.84. The molecule has 1 aliphatic rings. The molecule has 10 heteroatoms. The lowest BCUT2D eigenvalue weighted by Gasteiger charge is -2.13. The maximum Gasteiger partial charge on any atom is 0.267 e. The summed E-state index contributed by atoms with van der Waals surface area (Å²) in [5, 5.41) is 13.6. The lowest BCUT2D eigenvalue weighted by molar-refractivity contribution is 0.0840. The fraction of sp³-hybridized carbons (Fsp3) is 0.318. The van der Waals surface area contributed by atoms with Crippen molar-refractivity contribution < 1.29 is 38.3 Å². The molecule has 1 aromatic heterocycles. The molecule has 1 unspecified atom stereocenters. The molecule has 1 aliphatic heterocycles. The summed E-state index contributed by atoms with van der Waals surface area (Å²) >= 11 is 0. The minimum Gasteiger partial charge on any atom is -0.496 e. The van der Waals surface area contributed by atoms with Crippen LogP contribution < -0.4 is 33.7 Å². The molecule has 2 aromatic carbocycles. The minimum absolute atomic E-state index is 0.00363. The number of aromatic nitrogens is 1. The molecule has 3 aromatic rings. The van der Waals surface area contributed by atoms with Crippen molar-refractivity contribution in [3.63, 3.8) is 0 Å². The molecular weight excluding hydrogens is 420 g/mol. The first-order valence-corrected chi connectivity index (χ1v) is 9.84.